The minimum absolute atomic E-state index is 0.00911. The number of carbonyl (C=O) groups excluding carboxylic acids is 1. The molecule has 1 aromatic heterocycles. The van der Waals surface area contributed by atoms with Crippen molar-refractivity contribution in [3.8, 4) is 11.1 Å². The lowest BCUT2D eigenvalue weighted by Crippen LogP contribution is -2.22. The van der Waals surface area contributed by atoms with Gasteiger partial charge in [0, 0.05) is 17.4 Å². The first-order chi connectivity index (χ1) is 13.3. The molecular formula is C21H19ClN2O3S. The SMILES string of the molecule is CCS(=O)(=O)c1ccc(C(C(N)=O)c2cc(Cl)cc(-c3ccncc3)c2)cc1. The van der Waals surface area contributed by atoms with Crippen LogP contribution in [0, 0.1) is 0 Å². The number of pyridine rings is 1. The molecule has 28 heavy (non-hydrogen) atoms. The predicted octanol–water partition coefficient (Wildman–Crippen LogP) is 3.81. The van der Waals surface area contributed by atoms with E-state index in [1.54, 1.807) is 43.6 Å². The van der Waals surface area contributed by atoms with E-state index in [0.717, 1.165) is 11.1 Å². The number of nitrogens with two attached hydrogens (primary N) is 1. The van der Waals surface area contributed by atoms with Crippen LogP contribution in [0.5, 0.6) is 0 Å². The maximum atomic E-state index is 12.2. The molecule has 0 radical (unpaired) electrons. The zero-order valence-corrected chi connectivity index (χ0v) is 16.7. The molecule has 0 fully saturated rings. The van der Waals surface area contributed by atoms with Crippen LogP contribution < -0.4 is 5.73 Å². The third kappa shape index (κ3) is 4.24. The van der Waals surface area contributed by atoms with E-state index in [0.29, 0.717) is 16.1 Å². The van der Waals surface area contributed by atoms with Crippen molar-refractivity contribution < 1.29 is 13.2 Å². The van der Waals surface area contributed by atoms with E-state index in [-0.39, 0.29) is 10.6 Å². The van der Waals surface area contributed by atoms with Crippen LogP contribution in [-0.4, -0.2) is 25.1 Å². The van der Waals surface area contributed by atoms with E-state index < -0.39 is 21.7 Å². The van der Waals surface area contributed by atoms with Crippen LogP contribution in [0.15, 0.2) is 71.9 Å². The molecule has 3 rings (SSSR count). The van der Waals surface area contributed by atoms with Gasteiger partial charge in [-0.05, 0) is 64.7 Å². The minimum atomic E-state index is -3.32. The molecule has 3 aromatic rings. The van der Waals surface area contributed by atoms with E-state index in [1.165, 1.54) is 12.1 Å². The fourth-order valence-corrected chi connectivity index (χ4v) is 4.17. The number of nitrogens with zero attached hydrogens (tertiary/aromatic N) is 1. The molecule has 0 spiro atoms. The summed E-state index contributed by atoms with van der Waals surface area (Å²) in [6, 6.07) is 15.3. The number of halogens is 1. The molecule has 144 valence electrons. The van der Waals surface area contributed by atoms with Crippen LogP contribution in [0.2, 0.25) is 5.02 Å². The molecule has 0 bridgehead atoms. The average molecular weight is 415 g/mol. The monoisotopic (exact) mass is 414 g/mol. The van der Waals surface area contributed by atoms with Gasteiger partial charge >= 0.3 is 0 Å². The van der Waals surface area contributed by atoms with Crippen molar-refractivity contribution in [3.63, 3.8) is 0 Å². The summed E-state index contributed by atoms with van der Waals surface area (Å²) in [6.07, 6.45) is 3.35. The standard InChI is InChI=1S/C21H19ClN2O3S/c1-2-28(26,27)19-5-3-15(4-6-19)20(21(23)25)17-11-16(12-18(22)13-17)14-7-9-24-10-8-14/h3-13,20H,2H2,1H3,(H2,23,25). The van der Waals surface area contributed by atoms with Crippen LogP contribution in [0.25, 0.3) is 11.1 Å². The van der Waals surface area contributed by atoms with Crippen molar-refractivity contribution >= 4 is 27.3 Å². The number of aromatic nitrogens is 1. The Morgan fingerprint density at radius 3 is 2.21 bits per heavy atom. The highest BCUT2D eigenvalue weighted by Crippen LogP contribution is 2.32. The van der Waals surface area contributed by atoms with Gasteiger partial charge in [0.1, 0.15) is 0 Å². The normalized spacial score (nSPS) is 12.5. The highest BCUT2D eigenvalue weighted by molar-refractivity contribution is 7.91. The number of rotatable bonds is 6. The van der Waals surface area contributed by atoms with Crippen LogP contribution >= 0.6 is 11.6 Å². The summed E-state index contributed by atoms with van der Waals surface area (Å²) in [4.78, 5) is 16.5. The van der Waals surface area contributed by atoms with Gasteiger partial charge < -0.3 is 5.73 Å². The fourth-order valence-electron chi connectivity index (χ4n) is 3.05. The Hall–Kier alpha value is -2.70. The largest absolute Gasteiger partial charge is 0.369 e. The molecule has 1 atom stereocenters. The number of carbonyl (C=O) groups is 1. The Morgan fingerprint density at radius 1 is 1.00 bits per heavy atom. The van der Waals surface area contributed by atoms with E-state index in [2.05, 4.69) is 4.98 Å². The molecule has 1 amide bonds. The third-order valence-corrected chi connectivity index (χ3v) is 6.47. The Labute approximate surface area is 169 Å². The van der Waals surface area contributed by atoms with Gasteiger partial charge in [0.15, 0.2) is 9.84 Å². The molecule has 1 heterocycles. The minimum Gasteiger partial charge on any atom is -0.369 e. The van der Waals surface area contributed by atoms with E-state index in [4.69, 9.17) is 17.3 Å². The second-order valence-electron chi connectivity index (χ2n) is 6.32. The Kier molecular flexibility index (Phi) is 5.82. The third-order valence-electron chi connectivity index (χ3n) is 4.50. The number of hydrogen-bond donors (Lipinski definition) is 1. The number of benzene rings is 2. The van der Waals surface area contributed by atoms with Crippen molar-refractivity contribution in [2.24, 2.45) is 5.73 Å². The summed E-state index contributed by atoms with van der Waals surface area (Å²) < 4.78 is 24.0. The van der Waals surface area contributed by atoms with Gasteiger partial charge in [0.05, 0.1) is 16.6 Å². The van der Waals surface area contributed by atoms with Gasteiger partial charge in [0.2, 0.25) is 5.91 Å². The summed E-state index contributed by atoms with van der Waals surface area (Å²) in [6.45, 7) is 1.59. The Morgan fingerprint density at radius 2 is 1.64 bits per heavy atom. The molecule has 0 aliphatic heterocycles. The van der Waals surface area contributed by atoms with Crippen LogP contribution in [0.1, 0.15) is 24.0 Å². The van der Waals surface area contributed by atoms with Gasteiger partial charge in [-0.25, -0.2) is 8.42 Å². The fraction of sp³-hybridized carbons (Fsp3) is 0.143. The first-order valence-electron chi connectivity index (χ1n) is 8.64. The molecular weight excluding hydrogens is 396 g/mol. The molecule has 2 aromatic carbocycles. The molecule has 1 unspecified atom stereocenters. The lowest BCUT2D eigenvalue weighted by molar-refractivity contribution is -0.118. The van der Waals surface area contributed by atoms with Crippen LogP contribution in [0.4, 0.5) is 0 Å². The average Bonchev–Trinajstić information content (AvgIpc) is 2.68. The zero-order chi connectivity index (χ0) is 20.3. The van der Waals surface area contributed by atoms with Crippen molar-refractivity contribution in [1.29, 1.82) is 0 Å². The van der Waals surface area contributed by atoms with E-state index >= 15 is 0 Å². The predicted molar refractivity (Wildman–Crippen MR) is 110 cm³/mol. The molecule has 0 saturated heterocycles. The van der Waals surface area contributed by atoms with Crippen molar-refractivity contribution in [3.05, 3.63) is 83.1 Å². The summed E-state index contributed by atoms with van der Waals surface area (Å²) in [5.74, 6) is -1.29. The first-order valence-corrected chi connectivity index (χ1v) is 10.7. The van der Waals surface area contributed by atoms with Gasteiger partial charge in [-0.15, -0.1) is 0 Å². The first kappa shape index (κ1) is 20.0. The van der Waals surface area contributed by atoms with Gasteiger partial charge in [-0.3, -0.25) is 9.78 Å². The molecule has 0 aliphatic rings. The van der Waals surface area contributed by atoms with E-state index in [1.807, 2.05) is 18.2 Å². The van der Waals surface area contributed by atoms with Crippen LogP contribution in [0.3, 0.4) is 0 Å². The maximum absolute atomic E-state index is 12.2. The molecule has 0 saturated carbocycles. The number of amides is 1. The quantitative estimate of drug-likeness (QED) is 0.664. The summed E-state index contributed by atoms with van der Waals surface area (Å²) >= 11 is 6.29. The Bertz CT molecular complexity index is 1100. The summed E-state index contributed by atoms with van der Waals surface area (Å²) in [5.41, 5.74) is 8.66. The summed E-state index contributed by atoms with van der Waals surface area (Å²) in [5, 5.41) is 0.473. The zero-order valence-electron chi connectivity index (χ0n) is 15.2. The van der Waals surface area contributed by atoms with E-state index in [9.17, 15) is 13.2 Å². The second-order valence-corrected chi connectivity index (χ2v) is 9.03. The van der Waals surface area contributed by atoms with Gasteiger partial charge in [-0.2, -0.15) is 0 Å². The highest BCUT2D eigenvalue weighted by Gasteiger charge is 2.22. The lowest BCUT2D eigenvalue weighted by atomic mass is 9.89. The molecule has 0 aliphatic carbocycles. The molecule has 7 heteroatoms. The molecule has 2 N–H and O–H groups in total. The van der Waals surface area contributed by atoms with Gasteiger partial charge in [0.25, 0.3) is 0 Å². The van der Waals surface area contributed by atoms with Gasteiger partial charge in [-0.1, -0.05) is 30.7 Å². The van der Waals surface area contributed by atoms with Crippen molar-refractivity contribution in [1.82, 2.24) is 4.98 Å². The number of primary amides is 1. The lowest BCUT2D eigenvalue weighted by Gasteiger charge is -2.17. The van der Waals surface area contributed by atoms with Crippen LogP contribution in [-0.2, 0) is 14.6 Å². The topological polar surface area (TPSA) is 90.1 Å². The Balaban J connectivity index is 2.06. The number of sulfone groups is 1. The maximum Gasteiger partial charge on any atom is 0.229 e. The van der Waals surface area contributed by atoms with Crippen molar-refractivity contribution in [2.75, 3.05) is 5.75 Å². The summed E-state index contributed by atoms with van der Waals surface area (Å²) in [7, 11) is -3.32. The smallest absolute Gasteiger partial charge is 0.229 e. The highest BCUT2D eigenvalue weighted by atomic mass is 35.5. The number of hydrogen-bond acceptors (Lipinski definition) is 4. The van der Waals surface area contributed by atoms with Crippen molar-refractivity contribution in [2.45, 2.75) is 17.7 Å². The molecule has 5 nitrogen and oxygen atoms in total. The second kappa shape index (κ2) is 8.12.